The third-order valence-electron chi connectivity index (χ3n) is 3.12. The molecule has 0 N–H and O–H groups in total. The average Bonchev–Trinajstić information content (AvgIpc) is 2.99. The van der Waals surface area contributed by atoms with Crippen molar-refractivity contribution in [1.29, 1.82) is 0 Å². The number of ether oxygens (including phenoxy) is 1. The van der Waals surface area contributed by atoms with E-state index in [1.165, 1.54) is 0 Å². The Kier molecular flexibility index (Phi) is 3.83. The van der Waals surface area contributed by atoms with E-state index in [0.29, 0.717) is 5.82 Å². The molecular weight excluding hydrogens is 288 g/mol. The summed E-state index contributed by atoms with van der Waals surface area (Å²) in [4.78, 5) is 4.02. The number of alkyl halides is 1. The predicted molar refractivity (Wildman–Crippen MR) is 80.7 cm³/mol. The van der Waals surface area contributed by atoms with Crippen LogP contribution in [0.5, 0.6) is 5.75 Å². The van der Waals surface area contributed by atoms with E-state index in [1.54, 1.807) is 19.5 Å². The third-order valence-corrected chi connectivity index (χ3v) is 3.36. The molecule has 2 heterocycles. The summed E-state index contributed by atoms with van der Waals surface area (Å²) in [6.07, 6.45) is 3.45. The third kappa shape index (κ3) is 2.60. The van der Waals surface area contributed by atoms with Gasteiger partial charge in [0.25, 0.3) is 0 Å². The van der Waals surface area contributed by atoms with E-state index in [1.807, 2.05) is 41.0 Å². The quantitative estimate of drug-likeness (QED) is 0.695. The molecule has 5 nitrogen and oxygen atoms in total. The first kappa shape index (κ1) is 13.6. The van der Waals surface area contributed by atoms with Gasteiger partial charge in [0.2, 0.25) is 0 Å². The smallest absolute Gasteiger partial charge is 0.168 e. The van der Waals surface area contributed by atoms with Crippen molar-refractivity contribution in [2.75, 3.05) is 7.11 Å². The molecule has 21 heavy (non-hydrogen) atoms. The maximum Gasteiger partial charge on any atom is 0.168 e. The average molecular weight is 301 g/mol. The minimum atomic E-state index is 0.282. The van der Waals surface area contributed by atoms with Crippen molar-refractivity contribution in [3.05, 3.63) is 54.6 Å². The van der Waals surface area contributed by atoms with Gasteiger partial charge in [-0.15, -0.1) is 21.8 Å². The number of pyridine rings is 1. The van der Waals surface area contributed by atoms with E-state index in [2.05, 4.69) is 15.2 Å². The highest BCUT2D eigenvalue weighted by Gasteiger charge is 2.14. The lowest BCUT2D eigenvalue weighted by molar-refractivity contribution is 0.414. The Morgan fingerprint density at radius 3 is 2.38 bits per heavy atom. The highest BCUT2D eigenvalue weighted by molar-refractivity contribution is 6.16. The van der Waals surface area contributed by atoms with E-state index in [9.17, 15) is 0 Å². The second kappa shape index (κ2) is 5.93. The van der Waals surface area contributed by atoms with Crippen LogP contribution in [0.3, 0.4) is 0 Å². The molecule has 2 aromatic heterocycles. The number of nitrogens with zero attached hydrogens (tertiary/aromatic N) is 4. The van der Waals surface area contributed by atoms with Crippen molar-refractivity contribution < 1.29 is 4.74 Å². The van der Waals surface area contributed by atoms with E-state index in [-0.39, 0.29) is 5.88 Å². The van der Waals surface area contributed by atoms with Crippen LogP contribution in [-0.2, 0) is 5.88 Å². The normalized spacial score (nSPS) is 10.6. The first-order valence-corrected chi connectivity index (χ1v) is 6.92. The molecule has 0 aliphatic carbocycles. The molecule has 1 aromatic carbocycles. The summed E-state index contributed by atoms with van der Waals surface area (Å²) in [5, 5.41) is 8.41. The standard InChI is InChI=1S/C15H13ClN4O/c1-21-13-4-2-12(3-5-13)20-14(10-16)18-19-15(20)11-6-8-17-9-7-11/h2-9H,10H2,1H3. The van der Waals surface area contributed by atoms with Gasteiger partial charge in [0.05, 0.1) is 13.0 Å². The number of benzene rings is 1. The molecule has 0 bridgehead atoms. The second-order valence-electron chi connectivity index (χ2n) is 4.34. The molecule has 6 heteroatoms. The van der Waals surface area contributed by atoms with Crippen LogP contribution < -0.4 is 4.74 Å². The van der Waals surface area contributed by atoms with Crippen LogP contribution in [0, 0.1) is 0 Å². The predicted octanol–water partition coefficient (Wildman–Crippen LogP) is 3.08. The molecule has 0 atom stereocenters. The first-order chi connectivity index (χ1) is 10.3. The molecule has 0 spiro atoms. The monoisotopic (exact) mass is 300 g/mol. The minimum absolute atomic E-state index is 0.282. The Labute approximate surface area is 127 Å². The van der Waals surface area contributed by atoms with Gasteiger partial charge in [-0.25, -0.2) is 0 Å². The van der Waals surface area contributed by atoms with Gasteiger partial charge in [-0.05, 0) is 36.4 Å². The van der Waals surface area contributed by atoms with E-state index < -0.39 is 0 Å². The van der Waals surface area contributed by atoms with Crippen LogP contribution in [0.15, 0.2) is 48.8 Å². The molecule has 0 aliphatic rings. The number of methoxy groups -OCH3 is 1. The van der Waals surface area contributed by atoms with Crippen LogP contribution in [0.2, 0.25) is 0 Å². The number of rotatable bonds is 4. The fraction of sp³-hybridized carbons (Fsp3) is 0.133. The van der Waals surface area contributed by atoms with Gasteiger partial charge in [0.15, 0.2) is 11.6 Å². The zero-order valence-corrected chi connectivity index (χ0v) is 12.2. The van der Waals surface area contributed by atoms with Crippen LogP contribution in [0.25, 0.3) is 17.1 Å². The Hall–Kier alpha value is -2.40. The molecule has 0 unspecified atom stereocenters. The summed E-state index contributed by atoms with van der Waals surface area (Å²) in [5.41, 5.74) is 1.87. The Balaban J connectivity index is 2.13. The molecule has 0 aliphatic heterocycles. The van der Waals surface area contributed by atoms with Crippen LogP contribution >= 0.6 is 11.6 Å². The van der Waals surface area contributed by atoms with Crippen molar-refractivity contribution in [2.24, 2.45) is 0 Å². The summed E-state index contributed by atoms with van der Waals surface area (Å²) >= 11 is 5.98. The van der Waals surface area contributed by atoms with Crippen molar-refractivity contribution in [3.8, 4) is 22.8 Å². The van der Waals surface area contributed by atoms with Crippen molar-refractivity contribution in [1.82, 2.24) is 19.7 Å². The van der Waals surface area contributed by atoms with Crippen LogP contribution in [0.4, 0.5) is 0 Å². The van der Waals surface area contributed by atoms with E-state index >= 15 is 0 Å². The number of hydrogen-bond acceptors (Lipinski definition) is 4. The van der Waals surface area contributed by atoms with E-state index in [0.717, 1.165) is 22.8 Å². The van der Waals surface area contributed by atoms with Crippen LogP contribution in [-0.4, -0.2) is 26.9 Å². The van der Waals surface area contributed by atoms with Crippen molar-refractivity contribution >= 4 is 11.6 Å². The number of aromatic nitrogens is 4. The van der Waals surface area contributed by atoms with Crippen molar-refractivity contribution in [3.63, 3.8) is 0 Å². The van der Waals surface area contributed by atoms with Gasteiger partial charge < -0.3 is 4.74 Å². The first-order valence-electron chi connectivity index (χ1n) is 6.38. The topological polar surface area (TPSA) is 52.8 Å². The highest BCUT2D eigenvalue weighted by Crippen LogP contribution is 2.24. The Morgan fingerprint density at radius 2 is 1.76 bits per heavy atom. The molecule has 0 radical (unpaired) electrons. The highest BCUT2D eigenvalue weighted by atomic mass is 35.5. The SMILES string of the molecule is COc1ccc(-n2c(CCl)nnc2-c2ccncc2)cc1. The zero-order chi connectivity index (χ0) is 14.7. The maximum atomic E-state index is 5.98. The van der Waals surface area contributed by atoms with Gasteiger partial charge in [-0.3, -0.25) is 9.55 Å². The molecule has 3 rings (SSSR count). The maximum absolute atomic E-state index is 5.98. The molecule has 0 amide bonds. The van der Waals surface area contributed by atoms with Crippen LogP contribution in [0.1, 0.15) is 5.82 Å². The fourth-order valence-electron chi connectivity index (χ4n) is 2.09. The molecule has 3 aromatic rings. The Morgan fingerprint density at radius 1 is 1.05 bits per heavy atom. The largest absolute Gasteiger partial charge is 0.497 e. The summed E-state index contributed by atoms with van der Waals surface area (Å²) < 4.78 is 7.12. The van der Waals surface area contributed by atoms with Crippen molar-refractivity contribution in [2.45, 2.75) is 5.88 Å². The molecule has 0 saturated heterocycles. The summed E-state index contributed by atoms with van der Waals surface area (Å²) in [6, 6.07) is 11.5. The molecule has 0 fully saturated rings. The number of halogens is 1. The van der Waals surface area contributed by atoms with Gasteiger partial charge >= 0.3 is 0 Å². The molecule has 106 valence electrons. The summed E-state index contributed by atoms with van der Waals surface area (Å²) in [7, 11) is 1.64. The fourth-order valence-corrected chi connectivity index (χ4v) is 2.27. The summed E-state index contributed by atoms with van der Waals surface area (Å²) in [6.45, 7) is 0. The number of hydrogen-bond donors (Lipinski definition) is 0. The van der Waals surface area contributed by atoms with E-state index in [4.69, 9.17) is 16.3 Å². The molecule has 0 saturated carbocycles. The molecular formula is C15H13ClN4O. The minimum Gasteiger partial charge on any atom is -0.497 e. The van der Waals surface area contributed by atoms with Gasteiger partial charge in [-0.2, -0.15) is 0 Å². The lowest BCUT2D eigenvalue weighted by Crippen LogP contribution is -2.01. The zero-order valence-electron chi connectivity index (χ0n) is 11.4. The second-order valence-corrected chi connectivity index (χ2v) is 4.61. The Bertz CT molecular complexity index is 725. The lowest BCUT2D eigenvalue weighted by atomic mass is 10.2. The van der Waals surface area contributed by atoms with Gasteiger partial charge in [-0.1, -0.05) is 0 Å². The van der Waals surface area contributed by atoms with Gasteiger partial charge in [0.1, 0.15) is 5.75 Å². The lowest BCUT2D eigenvalue weighted by Gasteiger charge is -2.10. The summed E-state index contributed by atoms with van der Waals surface area (Å²) in [5.74, 6) is 2.50. The van der Waals surface area contributed by atoms with Gasteiger partial charge in [0, 0.05) is 23.6 Å².